The summed E-state index contributed by atoms with van der Waals surface area (Å²) in [5.41, 5.74) is 1.04. The van der Waals surface area contributed by atoms with Crippen molar-refractivity contribution in [1.82, 2.24) is 5.32 Å². The Morgan fingerprint density at radius 2 is 1.59 bits per heavy atom. The zero-order valence-electron chi connectivity index (χ0n) is 13.2. The number of thioether (sulfide) groups is 1. The van der Waals surface area contributed by atoms with Gasteiger partial charge in [0.1, 0.15) is 5.25 Å². The molecule has 1 amide bonds. The van der Waals surface area contributed by atoms with Crippen LogP contribution in [-0.2, 0) is 4.79 Å². The topological polar surface area (TPSA) is 29.1 Å². The summed E-state index contributed by atoms with van der Waals surface area (Å²) in [5, 5.41) is 2.86. The van der Waals surface area contributed by atoms with Gasteiger partial charge in [-0.2, -0.15) is 0 Å². The quantitative estimate of drug-likeness (QED) is 0.752. The summed E-state index contributed by atoms with van der Waals surface area (Å²) in [6.07, 6.45) is 1.00. The third kappa shape index (κ3) is 5.23. The number of carbonyl (C=O) groups excluding carboxylic acids is 1. The fourth-order valence-corrected chi connectivity index (χ4v) is 3.18. The van der Waals surface area contributed by atoms with Crippen LogP contribution in [0.2, 0.25) is 0 Å². The van der Waals surface area contributed by atoms with Crippen molar-refractivity contribution in [2.75, 3.05) is 6.54 Å². The van der Waals surface area contributed by atoms with Crippen LogP contribution in [0.4, 0.5) is 0 Å². The maximum atomic E-state index is 12.6. The summed E-state index contributed by atoms with van der Waals surface area (Å²) in [4.78, 5) is 13.7. The van der Waals surface area contributed by atoms with Crippen molar-refractivity contribution in [2.24, 2.45) is 5.92 Å². The molecule has 0 radical (unpaired) electrons. The average Bonchev–Trinajstić information content (AvgIpc) is 2.54. The molecule has 22 heavy (non-hydrogen) atoms. The smallest absolute Gasteiger partial charge is 0.237 e. The van der Waals surface area contributed by atoms with E-state index in [0.29, 0.717) is 5.92 Å². The number of benzene rings is 2. The predicted octanol–water partition coefficient (Wildman–Crippen LogP) is 4.68. The molecule has 3 heteroatoms. The van der Waals surface area contributed by atoms with Crippen LogP contribution in [0, 0.1) is 5.92 Å². The Hall–Kier alpha value is -1.74. The number of nitrogens with one attached hydrogen (secondary N) is 1. The lowest BCUT2D eigenvalue weighted by Crippen LogP contribution is -2.29. The summed E-state index contributed by atoms with van der Waals surface area (Å²) < 4.78 is 0. The molecule has 1 unspecified atom stereocenters. The van der Waals surface area contributed by atoms with Crippen molar-refractivity contribution in [3.8, 4) is 0 Å². The summed E-state index contributed by atoms with van der Waals surface area (Å²) >= 11 is 1.60. The molecule has 1 N–H and O–H groups in total. The first-order valence-corrected chi connectivity index (χ1v) is 8.59. The molecule has 0 saturated heterocycles. The minimum atomic E-state index is -0.212. The second-order valence-electron chi connectivity index (χ2n) is 5.70. The molecule has 0 aromatic heterocycles. The highest BCUT2D eigenvalue weighted by Crippen LogP contribution is 2.35. The van der Waals surface area contributed by atoms with Crippen LogP contribution in [0.5, 0.6) is 0 Å². The van der Waals surface area contributed by atoms with Crippen molar-refractivity contribution in [3.63, 3.8) is 0 Å². The third-order valence-electron chi connectivity index (χ3n) is 3.36. The Balaban J connectivity index is 2.10. The standard InChI is InChI=1S/C19H23NOS/c1-15(2)13-14-20-19(21)18(16-9-5-3-6-10-16)22-17-11-7-4-8-12-17/h3-12,15,18H,13-14H2,1-2H3,(H,20,21). The zero-order valence-corrected chi connectivity index (χ0v) is 14.0. The SMILES string of the molecule is CC(C)CCNC(=O)C(Sc1ccccc1)c1ccccc1. The number of amides is 1. The minimum absolute atomic E-state index is 0.0840. The fourth-order valence-electron chi connectivity index (χ4n) is 2.11. The molecular weight excluding hydrogens is 290 g/mol. The van der Waals surface area contributed by atoms with Crippen LogP contribution in [-0.4, -0.2) is 12.5 Å². The van der Waals surface area contributed by atoms with Crippen LogP contribution in [0.25, 0.3) is 0 Å². The number of rotatable bonds is 7. The lowest BCUT2D eigenvalue weighted by atomic mass is 10.1. The molecule has 1 atom stereocenters. The minimum Gasteiger partial charge on any atom is -0.355 e. The molecule has 2 aromatic carbocycles. The summed E-state index contributed by atoms with van der Waals surface area (Å²) in [6, 6.07) is 20.1. The van der Waals surface area contributed by atoms with Crippen molar-refractivity contribution in [2.45, 2.75) is 30.4 Å². The Labute approximate surface area is 137 Å². The molecular formula is C19H23NOS. The molecule has 2 aromatic rings. The predicted molar refractivity (Wildman–Crippen MR) is 93.9 cm³/mol. The van der Waals surface area contributed by atoms with Gasteiger partial charge in [-0.25, -0.2) is 0 Å². The van der Waals surface area contributed by atoms with Crippen molar-refractivity contribution in [3.05, 3.63) is 66.2 Å². The van der Waals surface area contributed by atoms with Gasteiger partial charge in [-0.1, -0.05) is 62.4 Å². The highest BCUT2D eigenvalue weighted by atomic mass is 32.2. The lowest BCUT2D eigenvalue weighted by molar-refractivity contribution is -0.120. The van der Waals surface area contributed by atoms with Gasteiger partial charge in [-0.05, 0) is 30.0 Å². The van der Waals surface area contributed by atoms with Crippen molar-refractivity contribution < 1.29 is 4.79 Å². The number of hydrogen-bond donors (Lipinski definition) is 1. The van der Waals surface area contributed by atoms with Gasteiger partial charge in [0.25, 0.3) is 0 Å². The lowest BCUT2D eigenvalue weighted by Gasteiger charge is -2.17. The van der Waals surface area contributed by atoms with E-state index in [-0.39, 0.29) is 11.2 Å². The molecule has 2 nitrogen and oxygen atoms in total. The Morgan fingerprint density at radius 1 is 1.00 bits per heavy atom. The van der Waals surface area contributed by atoms with Crippen molar-refractivity contribution in [1.29, 1.82) is 0 Å². The van der Waals surface area contributed by atoms with E-state index in [4.69, 9.17) is 0 Å². The summed E-state index contributed by atoms with van der Waals surface area (Å²) in [5.74, 6) is 0.679. The van der Waals surface area contributed by atoms with Gasteiger partial charge < -0.3 is 5.32 Å². The van der Waals surface area contributed by atoms with Gasteiger partial charge in [0.15, 0.2) is 0 Å². The molecule has 0 aliphatic heterocycles. The van der Waals surface area contributed by atoms with E-state index in [1.165, 1.54) is 0 Å². The van der Waals surface area contributed by atoms with E-state index in [1.807, 2.05) is 60.7 Å². The van der Waals surface area contributed by atoms with Crippen LogP contribution in [0.1, 0.15) is 31.1 Å². The summed E-state index contributed by atoms with van der Waals surface area (Å²) in [6.45, 7) is 5.06. The van der Waals surface area contributed by atoms with Gasteiger partial charge in [0, 0.05) is 11.4 Å². The van der Waals surface area contributed by atoms with E-state index in [2.05, 4.69) is 19.2 Å². The van der Waals surface area contributed by atoms with E-state index >= 15 is 0 Å². The Morgan fingerprint density at radius 3 is 2.18 bits per heavy atom. The molecule has 116 valence electrons. The van der Waals surface area contributed by atoms with E-state index < -0.39 is 0 Å². The van der Waals surface area contributed by atoms with Gasteiger partial charge in [0.2, 0.25) is 5.91 Å². The second kappa shape index (κ2) is 8.64. The fraction of sp³-hybridized carbons (Fsp3) is 0.316. The van der Waals surface area contributed by atoms with E-state index in [0.717, 1.165) is 23.4 Å². The first-order valence-electron chi connectivity index (χ1n) is 7.71. The third-order valence-corrected chi connectivity index (χ3v) is 4.62. The Kier molecular flexibility index (Phi) is 6.53. The maximum Gasteiger partial charge on any atom is 0.237 e. The molecule has 0 fully saturated rings. The van der Waals surface area contributed by atoms with Crippen LogP contribution < -0.4 is 5.32 Å². The molecule has 0 aliphatic rings. The molecule has 0 spiro atoms. The first kappa shape index (κ1) is 16.6. The van der Waals surface area contributed by atoms with E-state index in [9.17, 15) is 4.79 Å². The van der Waals surface area contributed by atoms with Crippen molar-refractivity contribution >= 4 is 17.7 Å². The summed E-state index contributed by atoms with van der Waals surface area (Å²) in [7, 11) is 0. The van der Waals surface area contributed by atoms with Crippen LogP contribution in [0.15, 0.2) is 65.6 Å². The largest absolute Gasteiger partial charge is 0.355 e. The average molecular weight is 313 g/mol. The first-order chi connectivity index (χ1) is 10.7. The van der Waals surface area contributed by atoms with Gasteiger partial charge in [-0.3, -0.25) is 4.79 Å². The highest BCUT2D eigenvalue weighted by molar-refractivity contribution is 8.00. The van der Waals surface area contributed by atoms with Crippen LogP contribution in [0.3, 0.4) is 0 Å². The van der Waals surface area contributed by atoms with Crippen LogP contribution >= 0.6 is 11.8 Å². The zero-order chi connectivity index (χ0) is 15.8. The van der Waals surface area contributed by atoms with Gasteiger partial charge >= 0.3 is 0 Å². The highest BCUT2D eigenvalue weighted by Gasteiger charge is 2.21. The normalized spacial score (nSPS) is 12.1. The molecule has 0 saturated carbocycles. The number of hydrogen-bond acceptors (Lipinski definition) is 2. The van der Waals surface area contributed by atoms with E-state index in [1.54, 1.807) is 11.8 Å². The second-order valence-corrected chi connectivity index (χ2v) is 6.87. The molecule has 0 heterocycles. The van der Waals surface area contributed by atoms with Gasteiger partial charge in [0.05, 0.1) is 0 Å². The monoisotopic (exact) mass is 313 g/mol. The molecule has 0 bridgehead atoms. The maximum absolute atomic E-state index is 12.6. The molecule has 2 rings (SSSR count). The van der Waals surface area contributed by atoms with Gasteiger partial charge in [-0.15, -0.1) is 11.8 Å². The Bertz CT molecular complexity index is 569. The molecule has 0 aliphatic carbocycles. The number of carbonyl (C=O) groups is 1.